The molecule has 6 heteroatoms. The van der Waals surface area contributed by atoms with Gasteiger partial charge in [0.1, 0.15) is 5.75 Å². The second-order valence-electron chi connectivity index (χ2n) is 8.39. The molecule has 1 aromatic carbocycles. The Hall–Kier alpha value is -2.08. The first-order chi connectivity index (χ1) is 13.4. The molecule has 2 heterocycles. The minimum Gasteiger partial charge on any atom is -0.484 e. The van der Waals surface area contributed by atoms with Crippen molar-refractivity contribution < 1.29 is 14.3 Å². The van der Waals surface area contributed by atoms with E-state index >= 15 is 0 Å². The third-order valence-corrected chi connectivity index (χ3v) is 6.20. The zero-order valence-corrected chi connectivity index (χ0v) is 17.3. The Bertz CT molecular complexity index is 681. The molecule has 0 aliphatic carbocycles. The monoisotopic (exact) mass is 387 g/mol. The van der Waals surface area contributed by atoms with Gasteiger partial charge in [-0.05, 0) is 83.2 Å². The Morgan fingerprint density at radius 1 is 1.07 bits per heavy atom. The van der Waals surface area contributed by atoms with Crippen molar-refractivity contribution in [2.45, 2.75) is 64.6 Å². The number of carbonyl (C=O) groups is 2. The van der Waals surface area contributed by atoms with Crippen LogP contribution in [0.25, 0.3) is 0 Å². The van der Waals surface area contributed by atoms with Crippen LogP contribution in [0.1, 0.15) is 56.8 Å². The van der Waals surface area contributed by atoms with Crippen molar-refractivity contribution >= 4 is 11.8 Å². The maximum absolute atomic E-state index is 12.8. The number of likely N-dealkylation sites (tertiary alicyclic amines) is 2. The molecule has 6 nitrogen and oxygen atoms in total. The van der Waals surface area contributed by atoms with Gasteiger partial charge in [-0.25, -0.2) is 0 Å². The van der Waals surface area contributed by atoms with Gasteiger partial charge in [0.15, 0.2) is 6.61 Å². The number of nitrogens with zero attached hydrogens (tertiary/aromatic N) is 2. The molecular weight excluding hydrogens is 354 g/mol. The van der Waals surface area contributed by atoms with E-state index in [4.69, 9.17) is 10.5 Å². The Balaban J connectivity index is 1.56. The molecule has 0 spiro atoms. The highest BCUT2D eigenvalue weighted by molar-refractivity contribution is 5.94. The molecule has 2 N–H and O–H groups in total. The number of ether oxygens (including phenoxy) is 1. The normalized spacial score (nSPS) is 27.7. The van der Waals surface area contributed by atoms with E-state index in [0.717, 1.165) is 25.8 Å². The molecule has 28 heavy (non-hydrogen) atoms. The fourth-order valence-corrected chi connectivity index (χ4v) is 4.59. The van der Waals surface area contributed by atoms with Crippen molar-refractivity contribution in [1.82, 2.24) is 9.80 Å². The summed E-state index contributed by atoms with van der Waals surface area (Å²) < 4.78 is 5.70. The largest absolute Gasteiger partial charge is 0.484 e. The molecule has 0 aromatic heterocycles. The first-order valence-electron chi connectivity index (χ1n) is 10.5. The van der Waals surface area contributed by atoms with Gasteiger partial charge in [-0.1, -0.05) is 0 Å². The predicted octanol–water partition coefficient (Wildman–Crippen LogP) is 2.66. The SMILES string of the molecule is CC1CC(CN)CN1C(=O)c1ccc(OCC(=O)N2C(C)CCCC2C)cc1. The highest BCUT2D eigenvalue weighted by atomic mass is 16.5. The lowest BCUT2D eigenvalue weighted by atomic mass is 9.97. The second-order valence-corrected chi connectivity index (χ2v) is 8.39. The Labute approximate surface area is 168 Å². The van der Waals surface area contributed by atoms with Crippen molar-refractivity contribution in [1.29, 1.82) is 0 Å². The lowest BCUT2D eigenvalue weighted by Crippen LogP contribution is -2.49. The number of piperidine rings is 1. The molecule has 2 fully saturated rings. The van der Waals surface area contributed by atoms with E-state index in [1.165, 1.54) is 6.42 Å². The highest BCUT2D eigenvalue weighted by Crippen LogP contribution is 2.25. The van der Waals surface area contributed by atoms with Crippen LogP contribution in [0.4, 0.5) is 0 Å². The number of hydrogen-bond acceptors (Lipinski definition) is 4. The standard InChI is InChI=1S/C22H33N3O3/c1-15-5-4-6-16(2)25(15)21(26)14-28-20-9-7-19(8-10-20)22(27)24-13-18(12-23)11-17(24)3/h7-10,15-18H,4-6,11-14,23H2,1-3H3. The van der Waals surface area contributed by atoms with Crippen LogP contribution in [-0.2, 0) is 4.79 Å². The summed E-state index contributed by atoms with van der Waals surface area (Å²) >= 11 is 0. The molecule has 0 saturated carbocycles. The smallest absolute Gasteiger partial charge is 0.260 e. The van der Waals surface area contributed by atoms with Crippen molar-refractivity contribution in [2.24, 2.45) is 11.7 Å². The van der Waals surface area contributed by atoms with Crippen LogP contribution in [0, 0.1) is 5.92 Å². The van der Waals surface area contributed by atoms with Crippen LogP contribution in [-0.4, -0.2) is 59.4 Å². The lowest BCUT2D eigenvalue weighted by Gasteiger charge is -2.38. The molecule has 4 unspecified atom stereocenters. The maximum atomic E-state index is 12.8. The fraction of sp³-hybridized carbons (Fsp3) is 0.636. The average Bonchev–Trinajstić information content (AvgIpc) is 3.07. The van der Waals surface area contributed by atoms with E-state index in [0.29, 0.717) is 23.8 Å². The minimum atomic E-state index is 0.0265. The van der Waals surface area contributed by atoms with Crippen LogP contribution in [0.2, 0.25) is 0 Å². The number of hydrogen-bond donors (Lipinski definition) is 1. The van der Waals surface area contributed by atoms with Crippen LogP contribution < -0.4 is 10.5 Å². The molecule has 0 bridgehead atoms. The summed E-state index contributed by atoms with van der Waals surface area (Å²) in [5.41, 5.74) is 6.40. The van der Waals surface area contributed by atoms with Crippen LogP contribution >= 0.6 is 0 Å². The first kappa shape index (κ1) is 20.6. The summed E-state index contributed by atoms with van der Waals surface area (Å²) in [6.07, 6.45) is 4.22. The van der Waals surface area contributed by atoms with Crippen molar-refractivity contribution in [3.8, 4) is 5.75 Å². The molecule has 3 rings (SSSR count). The van der Waals surface area contributed by atoms with Gasteiger partial charge in [0, 0.05) is 30.2 Å². The van der Waals surface area contributed by atoms with Gasteiger partial charge in [-0.2, -0.15) is 0 Å². The van der Waals surface area contributed by atoms with Gasteiger partial charge in [0.25, 0.3) is 11.8 Å². The number of rotatable bonds is 5. The van der Waals surface area contributed by atoms with E-state index < -0.39 is 0 Å². The zero-order chi connectivity index (χ0) is 20.3. The molecule has 4 atom stereocenters. The number of benzene rings is 1. The highest BCUT2D eigenvalue weighted by Gasteiger charge is 2.32. The number of carbonyl (C=O) groups excluding carboxylic acids is 2. The van der Waals surface area contributed by atoms with Gasteiger partial charge in [-0.3, -0.25) is 9.59 Å². The van der Waals surface area contributed by atoms with Crippen LogP contribution in [0.3, 0.4) is 0 Å². The summed E-state index contributed by atoms with van der Waals surface area (Å²) in [5, 5.41) is 0. The summed E-state index contributed by atoms with van der Waals surface area (Å²) in [7, 11) is 0. The quantitative estimate of drug-likeness (QED) is 0.843. The predicted molar refractivity (Wildman–Crippen MR) is 109 cm³/mol. The zero-order valence-electron chi connectivity index (χ0n) is 17.3. The third kappa shape index (κ3) is 4.49. The summed E-state index contributed by atoms with van der Waals surface area (Å²) in [4.78, 5) is 29.2. The van der Waals surface area contributed by atoms with E-state index in [-0.39, 0.29) is 36.5 Å². The fourth-order valence-electron chi connectivity index (χ4n) is 4.59. The summed E-state index contributed by atoms with van der Waals surface area (Å²) in [6, 6.07) is 7.82. The average molecular weight is 388 g/mol. The van der Waals surface area contributed by atoms with E-state index in [1.54, 1.807) is 24.3 Å². The molecule has 1 aromatic rings. The van der Waals surface area contributed by atoms with Crippen LogP contribution in [0.5, 0.6) is 5.75 Å². The molecule has 2 aliphatic heterocycles. The molecule has 154 valence electrons. The number of amides is 2. The maximum Gasteiger partial charge on any atom is 0.260 e. The van der Waals surface area contributed by atoms with Crippen molar-refractivity contribution in [2.75, 3.05) is 19.7 Å². The van der Waals surface area contributed by atoms with Crippen molar-refractivity contribution in [3.05, 3.63) is 29.8 Å². The van der Waals surface area contributed by atoms with Gasteiger partial charge in [-0.15, -0.1) is 0 Å². The Morgan fingerprint density at radius 2 is 1.71 bits per heavy atom. The van der Waals surface area contributed by atoms with Gasteiger partial charge in [0.05, 0.1) is 0 Å². The van der Waals surface area contributed by atoms with Gasteiger partial charge < -0.3 is 20.3 Å². The number of nitrogens with two attached hydrogens (primary N) is 1. The Morgan fingerprint density at radius 3 is 2.29 bits per heavy atom. The molecular formula is C22H33N3O3. The summed E-state index contributed by atoms with van der Waals surface area (Å²) in [5.74, 6) is 1.05. The van der Waals surface area contributed by atoms with Gasteiger partial charge >= 0.3 is 0 Å². The topological polar surface area (TPSA) is 75.9 Å². The molecule has 2 amide bonds. The van der Waals surface area contributed by atoms with E-state index in [9.17, 15) is 9.59 Å². The second kappa shape index (κ2) is 8.95. The molecule has 2 aliphatic rings. The third-order valence-electron chi connectivity index (χ3n) is 6.20. The van der Waals surface area contributed by atoms with Crippen molar-refractivity contribution in [3.63, 3.8) is 0 Å². The Kier molecular flexibility index (Phi) is 6.60. The first-order valence-corrected chi connectivity index (χ1v) is 10.5. The molecule has 2 saturated heterocycles. The molecule has 0 radical (unpaired) electrons. The summed E-state index contributed by atoms with van der Waals surface area (Å²) in [6.45, 7) is 7.63. The lowest BCUT2D eigenvalue weighted by molar-refractivity contribution is -0.139. The van der Waals surface area contributed by atoms with Gasteiger partial charge in [0.2, 0.25) is 0 Å². The minimum absolute atomic E-state index is 0.0265. The van der Waals surface area contributed by atoms with Crippen LogP contribution in [0.15, 0.2) is 24.3 Å². The van der Waals surface area contributed by atoms with E-state index in [2.05, 4.69) is 20.8 Å². The van der Waals surface area contributed by atoms with E-state index in [1.807, 2.05) is 9.80 Å².